The lowest BCUT2D eigenvalue weighted by Gasteiger charge is -1.96. The monoisotopic (exact) mass is 618 g/mol. The Balaban J connectivity index is 1.09. The zero-order valence-electron chi connectivity index (χ0n) is 20.8. The Morgan fingerprint density at radius 1 is 0.300 bits per heavy atom. The highest BCUT2D eigenvalue weighted by Gasteiger charge is 2.17. The number of hydrogen-bond donors (Lipinski definition) is 0. The van der Waals surface area contributed by atoms with Gasteiger partial charge in [0, 0.05) is 58.8 Å². The molecule has 9 rings (SSSR count). The fourth-order valence-corrected chi connectivity index (χ4v) is 12.6. The Labute approximate surface area is 254 Å². The first-order chi connectivity index (χ1) is 19.8. The fourth-order valence-electron chi connectivity index (χ4n) is 5.29. The van der Waals surface area contributed by atoms with Crippen molar-refractivity contribution in [1.82, 2.24) is 0 Å². The summed E-state index contributed by atoms with van der Waals surface area (Å²) < 4.78 is 8.45. The quantitative estimate of drug-likeness (QED) is 0.184. The van der Waals surface area contributed by atoms with Crippen molar-refractivity contribution in [3.8, 4) is 40.4 Å². The Bertz CT molecular complexity index is 2150. The molecule has 0 bridgehead atoms. The number of rotatable bonds is 4. The van der Waals surface area contributed by atoms with Gasteiger partial charge in [-0.2, -0.15) is 0 Å². The van der Waals surface area contributed by atoms with Crippen LogP contribution in [-0.4, -0.2) is 0 Å². The molecule has 0 nitrogen and oxygen atoms in total. The van der Waals surface area contributed by atoms with Crippen LogP contribution in [0, 0.1) is 0 Å². The largest absolute Gasteiger partial charge is 0.134 e. The van der Waals surface area contributed by atoms with Gasteiger partial charge in [0.1, 0.15) is 0 Å². The van der Waals surface area contributed by atoms with Gasteiger partial charge in [-0.15, -0.1) is 68.0 Å². The summed E-state index contributed by atoms with van der Waals surface area (Å²) >= 11 is 11.5. The Kier molecular flexibility index (Phi) is 5.43. The van der Waals surface area contributed by atoms with Crippen molar-refractivity contribution in [2.75, 3.05) is 0 Å². The summed E-state index contributed by atoms with van der Waals surface area (Å²) in [7, 11) is 0. The van der Waals surface area contributed by atoms with Crippen LogP contribution < -0.4 is 0 Å². The molecule has 0 aliphatic carbocycles. The molecule has 0 aliphatic heterocycles. The zero-order valence-corrected chi connectivity index (χ0v) is 25.7. The van der Waals surface area contributed by atoms with Crippen molar-refractivity contribution < 1.29 is 0 Å². The second-order valence-corrected chi connectivity index (χ2v) is 16.2. The van der Waals surface area contributed by atoms with Gasteiger partial charge in [-0.05, 0) is 59.7 Å². The third kappa shape index (κ3) is 3.79. The summed E-state index contributed by atoms with van der Waals surface area (Å²) in [6.45, 7) is 0. The van der Waals surface area contributed by atoms with Crippen molar-refractivity contribution in [3.63, 3.8) is 0 Å². The molecule has 6 aromatic heterocycles. The molecule has 0 fully saturated rings. The highest BCUT2D eigenvalue weighted by molar-refractivity contribution is 7.36. The van der Waals surface area contributed by atoms with E-state index in [1.165, 1.54) is 79.4 Å². The van der Waals surface area contributed by atoms with Gasteiger partial charge in [0.15, 0.2) is 0 Å². The van der Waals surface area contributed by atoms with Gasteiger partial charge in [0.2, 0.25) is 0 Å². The Hall–Kier alpha value is -3.10. The summed E-state index contributed by atoms with van der Waals surface area (Å²) in [5.41, 5.74) is 2.59. The lowest BCUT2D eigenvalue weighted by molar-refractivity contribution is 1.70. The molecule has 3 aromatic carbocycles. The average Bonchev–Trinajstić information content (AvgIpc) is 3.82. The normalized spacial score (nSPS) is 12.0. The molecule has 0 atom stereocenters. The summed E-state index contributed by atoms with van der Waals surface area (Å²) in [6.07, 6.45) is 0. The summed E-state index contributed by atoms with van der Waals surface area (Å²) in [5, 5.41) is 2.81. The van der Waals surface area contributed by atoms with Gasteiger partial charge >= 0.3 is 0 Å². The van der Waals surface area contributed by atoms with E-state index in [1.54, 1.807) is 0 Å². The molecule has 40 heavy (non-hydrogen) atoms. The second kappa shape index (κ2) is 9.21. The lowest BCUT2D eigenvalue weighted by atomic mass is 10.2. The van der Waals surface area contributed by atoms with Crippen LogP contribution in [-0.2, 0) is 0 Å². The van der Waals surface area contributed by atoms with Crippen LogP contribution >= 0.6 is 68.0 Å². The van der Waals surface area contributed by atoms with Gasteiger partial charge in [-0.25, -0.2) is 0 Å². The molecule has 0 saturated heterocycles. The predicted molar refractivity (Wildman–Crippen MR) is 185 cm³/mol. The molecule has 0 spiro atoms. The molecule has 0 aliphatic rings. The minimum atomic E-state index is 1.29. The highest BCUT2D eigenvalue weighted by atomic mass is 32.1. The maximum absolute atomic E-state index is 2.45. The highest BCUT2D eigenvalue weighted by Crippen LogP contribution is 2.50. The Morgan fingerprint density at radius 3 is 1.18 bits per heavy atom. The number of fused-ring (bicyclic) bond motifs is 6. The first kappa shape index (κ1) is 23.6. The van der Waals surface area contributed by atoms with E-state index < -0.39 is 0 Å². The summed E-state index contributed by atoms with van der Waals surface area (Å²) in [5.74, 6) is 0. The first-order valence-corrected chi connectivity index (χ1v) is 17.8. The van der Waals surface area contributed by atoms with Crippen molar-refractivity contribution in [1.29, 1.82) is 0 Å². The topological polar surface area (TPSA) is 0 Å². The van der Waals surface area contributed by atoms with Gasteiger partial charge in [0.25, 0.3) is 0 Å². The van der Waals surface area contributed by atoms with E-state index in [4.69, 9.17) is 0 Å². The van der Waals surface area contributed by atoms with Crippen molar-refractivity contribution in [3.05, 3.63) is 109 Å². The molecule has 0 radical (unpaired) electrons. The third-order valence-corrected chi connectivity index (χ3v) is 14.7. The van der Waals surface area contributed by atoms with Gasteiger partial charge in [-0.1, -0.05) is 60.7 Å². The predicted octanol–water partition coefficient (Wildman–Crippen LogP) is 13.3. The smallest absolute Gasteiger partial charge is 0.0536 e. The third-order valence-electron chi connectivity index (χ3n) is 7.22. The van der Waals surface area contributed by atoms with Crippen LogP contribution in [0.4, 0.5) is 0 Å². The van der Waals surface area contributed by atoms with Gasteiger partial charge < -0.3 is 0 Å². The standard InChI is InChI=1S/C34H18S6/c1-3-7-19(8-4-1)23-11-13-25(35-23)29-17-31-33(39-29)21-15-28-22(16-27(21)37-31)34-32(38-28)18-30(40-34)26-14-12-24(36-26)20-9-5-2-6-10-20/h1-18H. The van der Waals surface area contributed by atoms with Gasteiger partial charge in [-0.3, -0.25) is 0 Å². The number of benzene rings is 3. The van der Waals surface area contributed by atoms with E-state index in [0.717, 1.165) is 0 Å². The average molecular weight is 619 g/mol. The number of thiophene rings is 6. The van der Waals surface area contributed by atoms with Crippen LogP contribution in [0.15, 0.2) is 109 Å². The van der Waals surface area contributed by atoms with E-state index in [1.807, 2.05) is 68.0 Å². The SMILES string of the molecule is c1ccc(-c2ccc(-c3cc4sc5cc6c(cc5c4s3)sc3cc(-c4ccc(-c5ccccc5)s4)sc36)s2)cc1. The van der Waals surface area contributed by atoms with Crippen molar-refractivity contribution >= 4 is 107 Å². The molecular formula is C34H18S6. The lowest BCUT2D eigenvalue weighted by Crippen LogP contribution is -1.67. The molecule has 0 saturated carbocycles. The molecule has 190 valence electrons. The molecule has 0 N–H and O–H groups in total. The zero-order chi connectivity index (χ0) is 26.2. The van der Waals surface area contributed by atoms with Crippen LogP contribution in [0.2, 0.25) is 0 Å². The fraction of sp³-hybridized carbons (Fsp3) is 0. The maximum atomic E-state index is 2.45. The summed E-state index contributed by atoms with van der Waals surface area (Å²) in [6, 6.07) is 40.2. The van der Waals surface area contributed by atoms with E-state index in [9.17, 15) is 0 Å². The molecular weight excluding hydrogens is 601 g/mol. The minimum absolute atomic E-state index is 1.29. The maximum Gasteiger partial charge on any atom is 0.0536 e. The second-order valence-electron chi connectivity index (χ2n) is 9.72. The van der Waals surface area contributed by atoms with E-state index >= 15 is 0 Å². The van der Waals surface area contributed by atoms with Crippen molar-refractivity contribution in [2.45, 2.75) is 0 Å². The van der Waals surface area contributed by atoms with Crippen LogP contribution in [0.1, 0.15) is 0 Å². The van der Waals surface area contributed by atoms with E-state index in [2.05, 4.69) is 109 Å². The molecule has 0 amide bonds. The van der Waals surface area contributed by atoms with Crippen LogP contribution in [0.5, 0.6) is 0 Å². The minimum Gasteiger partial charge on any atom is -0.134 e. The molecule has 6 heterocycles. The van der Waals surface area contributed by atoms with E-state index in [0.29, 0.717) is 0 Å². The first-order valence-electron chi connectivity index (χ1n) is 12.9. The Morgan fingerprint density at radius 2 is 0.725 bits per heavy atom. The molecule has 0 unspecified atom stereocenters. The molecule has 9 aromatic rings. The number of hydrogen-bond acceptors (Lipinski definition) is 6. The summed E-state index contributed by atoms with van der Waals surface area (Å²) in [4.78, 5) is 8.12. The van der Waals surface area contributed by atoms with Gasteiger partial charge in [0.05, 0.1) is 9.40 Å². The van der Waals surface area contributed by atoms with Crippen molar-refractivity contribution in [2.24, 2.45) is 0 Å². The van der Waals surface area contributed by atoms with Crippen LogP contribution in [0.3, 0.4) is 0 Å². The van der Waals surface area contributed by atoms with E-state index in [-0.39, 0.29) is 0 Å². The van der Waals surface area contributed by atoms with Crippen LogP contribution in [0.25, 0.3) is 79.4 Å². The molecule has 6 heteroatoms.